The number of benzene rings is 2. The SMILES string of the molecule is C=CCc1ccc(OCCn2c(CCCNC(=O)C(C)(C)C)nc3ccccc32)c(OC)c1. The van der Waals surface area contributed by atoms with Crippen LogP contribution in [-0.2, 0) is 24.2 Å². The topological polar surface area (TPSA) is 65.4 Å². The maximum atomic E-state index is 12.1. The van der Waals surface area contributed by atoms with Crippen molar-refractivity contribution >= 4 is 16.9 Å². The summed E-state index contributed by atoms with van der Waals surface area (Å²) < 4.78 is 13.8. The maximum absolute atomic E-state index is 12.1. The van der Waals surface area contributed by atoms with E-state index in [-0.39, 0.29) is 11.3 Å². The molecule has 0 unspecified atom stereocenters. The first-order valence-electron chi connectivity index (χ1n) is 11.5. The van der Waals surface area contributed by atoms with Crippen LogP contribution in [0.25, 0.3) is 11.0 Å². The number of carbonyl (C=O) groups excluding carboxylic acids is 1. The molecule has 0 saturated carbocycles. The molecule has 1 heterocycles. The third-order valence-corrected chi connectivity index (χ3v) is 5.46. The zero-order valence-corrected chi connectivity index (χ0v) is 20.2. The van der Waals surface area contributed by atoms with E-state index in [0.717, 1.165) is 53.2 Å². The molecule has 0 radical (unpaired) electrons. The molecule has 176 valence electrons. The molecular formula is C27H35N3O3. The summed E-state index contributed by atoms with van der Waals surface area (Å²) in [6.45, 7) is 11.3. The van der Waals surface area contributed by atoms with Crippen LogP contribution in [0.5, 0.6) is 11.5 Å². The number of hydrogen-bond acceptors (Lipinski definition) is 4. The number of carbonyl (C=O) groups is 1. The number of rotatable bonds is 11. The van der Waals surface area contributed by atoms with Crippen LogP contribution in [0.2, 0.25) is 0 Å². The number of fused-ring (bicyclic) bond motifs is 1. The average molecular weight is 450 g/mol. The van der Waals surface area contributed by atoms with E-state index in [9.17, 15) is 4.79 Å². The van der Waals surface area contributed by atoms with Crippen LogP contribution in [0.15, 0.2) is 55.1 Å². The molecule has 33 heavy (non-hydrogen) atoms. The Morgan fingerprint density at radius 1 is 1.18 bits per heavy atom. The third kappa shape index (κ3) is 6.37. The van der Waals surface area contributed by atoms with E-state index in [4.69, 9.17) is 14.5 Å². The van der Waals surface area contributed by atoms with Crippen LogP contribution in [0, 0.1) is 5.41 Å². The second kappa shape index (κ2) is 11.0. The van der Waals surface area contributed by atoms with Gasteiger partial charge in [-0.3, -0.25) is 4.79 Å². The summed E-state index contributed by atoms with van der Waals surface area (Å²) >= 11 is 0. The number of ether oxygens (including phenoxy) is 2. The van der Waals surface area contributed by atoms with Gasteiger partial charge in [0.25, 0.3) is 0 Å². The third-order valence-electron chi connectivity index (χ3n) is 5.46. The maximum Gasteiger partial charge on any atom is 0.225 e. The van der Waals surface area contributed by atoms with Crippen molar-refractivity contribution in [3.63, 3.8) is 0 Å². The number of imidazole rings is 1. The normalized spacial score (nSPS) is 11.4. The number of aromatic nitrogens is 2. The first-order chi connectivity index (χ1) is 15.8. The lowest BCUT2D eigenvalue weighted by atomic mass is 9.96. The molecule has 1 aromatic heterocycles. The summed E-state index contributed by atoms with van der Waals surface area (Å²) in [5.41, 5.74) is 2.81. The summed E-state index contributed by atoms with van der Waals surface area (Å²) in [6.07, 6.45) is 4.26. The predicted molar refractivity (Wildman–Crippen MR) is 133 cm³/mol. The van der Waals surface area contributed by atoms with Crippen LogP contribution in [0.1, 0.15) is 38.6 Å². The fraction of sp³-hybridized carbons (Fsp3) is 0.407. The fourth-order valence-electron chi connectivity index (χ4n) is 3.65. The molecule has 6 nitrogen and oxygen atoms in total. The molecule has 1 amide bonds. The highest BCUT2D eigenvalue weighted by molar-refractivity contribution is 5.81. The first-order valence-corrected chi connectivity index (χ1v) is 11.5. The van der Waals surface area contributed by atoms with Crippen LogP contribution in [0.3, 0.4) is 0 Å². The van der Waals surface area contributed by atoms with Gasteiger partial charge in [-0.2, -0.15) is 0 Å². The van der Waals surface area contributed by atoms with Crippen molar-refractivity contribution in [1.29, 1.82) is 0 Å². The largest absolute Gasteiger partial charge is 0.493 e. The Kier molecular flexibility index (Phi) is 8.15. The van der Waals surface area contributed by atoms with Crippen LogP contribution >= 0.6 is 0 Å². The highest BCUT2D eigenvalue weighted by Gasteiger charge is 2.20. The minimum Gasteiger partial charge on any atom is -0.493 e. The molecule has 0 saturated heterocycles. The summed E-state index contributed by atoms with van der Waals surface area (Å²) in [4.78, 5) is 16.9. The van der Waals surface area contributed by atoms with Crippen molar-refractivity contribution in [1.82, 2.24) is 14.9 Å². The quantitative estimate of drug-likeness (QED) is 0.332. The van der Waals surface area contributed by atoms with Gasteiger partial charge in [0.05, 0.1) is 24.7 Å². The van der Waals surface area contributed by atoms with E-state index in [1.54, 1.807) is 7.11 Å². The van der Waals surface area contributed by atoms with Gasteiger partial charge < -0.3 is 19.4 Å². The smallest absolute Gasteiger partial charge is 0.225 e. The lowest BCUT2D eigenvalue weighted by Gasteiger charge is -2.17. The standard InChI is InChI=1S/C27H35N3O3/c1-6-10-20-14-15-23(24(19-20)32-5)33-18-17-30-22-12-8-7-11-21(22)29-25(30)13-9-16-28-26(31)27(2,3)4/h6-8,11-12,14-15,19H,1,9-10,13,16-18H2,2-5H3,(H,28,31). The van der Waals surface area contributed by atoms with Gasteiger partial charge in [-0.05, 0) is 42.7 Å². The second-order valence-corrected chi connectivity index (χ2v) is 9.10. The lowest BCUT2D eigenvalue weighted by Crippen LogP contribution is -2.35. The zero-order valence-electron chi connectivity index (χ0n) is 20.2. The highest BCUT2D eigenvalue weighted by atomic mass is 16.5. The second-order valence-electron chi connectivity index (χ2n) is 9.10. The molecule has 0 aliphatic carbocycles. The van der Waals surface area contributed by atoms with E-state index in [1.807, 2.05) is 63.2 Å². The monoisotopic (exact) mass is 449 g/mol. The Balaban J connectivity index is 1.66. The Labute approximate surface area is 196 Å². The molecule has 6 heteroatoms. The molecule has 0 spiro atoms. The van der Waals surface area contributed by atoms with E-state index >= 15 is 0 Å². The van der Waals surface area contributed by atoms with Gasteiger partial charge in [-0.25, -0.2) is 4.98 Å². The molecule has 0 aliphatic rings. The first kappa shape index (κ1) is 24.4. The Morgan fingerprint density at radius 3 is 2.70 bits per heavy atom. The van der Waals surface area contributed by atoms with E-state index in [1.165, 1.54) is 0 Å². The van der Waals surface area contributed by atoms with Gasteiger partial charge in [0, 0.05) is 18.4 Å². The summed E-state index contributed by atoms with van der Waals surface area (Å²) in [6, 6.07) is 14.1. The summed E-state index contributed by atoms with van der Waals surface area (Å²) in [5.74, 6) is 2.51. The predicted octanol–water partition coefficient (Wildman–Crippen LogP) is 4.95. The van der Waals surface area contributed by atoms with E-state index in [0.29, 0.717) is 19.7 Å². The van der Waals surface area contributed by atoms with Crippen LogP contribution in [-0.4, -0.2) is 35.7 Å². The Bertz CT molecular complexity index is 1100. The highest BCUT2D eigenvalue weighted by Crippen LogP contribution is 2.28. The lowest BCUT2D eigenvalue weighted by molar-refractivity contribution is -0.128. The molecule has 0 atom stereocenters. The minimum atomic E-state index is -0.380. The van der Waals surface area contributed by atoms with Crippen molar-refractivity contribution in [3.8, 4) is 11.5 Å². The molecule has 1 N–H and O–H groups in total. The van der Waals surface area contributed by atoms with Crippen molar-refractivity contribution < 1.29 is 14.3 Å². The van der Waals surface area contributed by atoms with Crippen molar-refractivity contribution in [2.45, 2.75) is 46.6 Å². The average Bonchev–Trinajstić information content (AvgIpc) is 3.14. The van der Waals surface area contributed by atoms with Crippen molar-refractivity contribution in [3.05, 3.63) is 66.5 Å². The van der Waals surface area contributed by atoms with Gasteiger partial charge >= 0.3 is 0 Å². The van der Waals surface area contributed by atoms with E-state index in [2.05, 4.69) is 22.5 Å². The number of para-hydroxylation sites is 2. The fourth-order valence-corrected chi connectivity index (χ4v) is 3.65. The number of amides is 1. The zero-order chi connectivity index (χ0) is 23.8. The van der Waals surface area contributed by atoms with Crippen LogP contribution in [0.4, 0.5) is 0 Å². The molecule has 0 bridgehead atoms. The van der Waals surface area contributed by atoms with Crippen molar-refractivity contribution in [2.24, 2.45) is 5.41 Å². The van der Waals surface area contributed by atoms with Crippen LogP contribution < -0.4 is 14.8 Å². The molecule has 0 fully saturated rings. The van der Waals surface area contributed by atoms with Gasteiger partial charge in [-0.1, -0.05) is 45.0 Å². The van der Waals surface area contributed by atoms with E-state index < -0.39 is 0 Å². The molecule has 2 aromatic carbocycles. The molecule has 0 aliphatic heterocycles. The molecular weight excluding hydrogens is 414 g/mol. The van der Waals surface area contributed by atoms with Gasteiger partial charge in [-0.15, -0.1) is 6.58 Å². The van der Waals surface area contributed by atoms with Gasteiger partial charge in [0.1, 0.15) is 12.4 Å². The number of allylic oxidation sites excluding steroid dienone is 1. The molecule has 3 aromatic rings. The molecule has 3 rings (SSSR count). The number of methoxy groups -OCH3 is 1. The van der Waals surface area contributed by atoms with Crippen molar-refractivity contribution in [2.75, 3.05) is 20.3 Å². The Hall–Kier alpha value is -3.28. The number of nitrogens with zero attached hydrogens (tertiary/aromatic N) is 2. The van der Waals surface area contributed by atoms with Gasteiger partial charge in [0.15, 0.2) is 11.5 Å². The number of nitrogens with one attached hydrogen (secondary N) is 1. The summed E-state index contributed by atoms with van der Waals surface area (Å²) in [5, 5.41) is 3.02. The van der Waals surface area contributed by atoms with Gasteiger partial charge in [0.2, 0.25) is 5.91 Å². The summed E-state index contributed by atoms with van der Waals surface area (Å²) in [7, 11) is 1.65. The Morgan fingerprint density at radius 2 is 1.97 bits per heavy atom. The minimum absolute atomic E-state index is 0.0671. The number of aryl methyl sites for hydroxylation is 1. The number of hydrogen-bond donors (Lipinski definition) is 1.